The molecule has 148 valence electrons. The molecule has 0 aliphatic heterocycles. The number of nitrogens with zero attached hydrogens (tertiary/aromatic N) is 3. The Kier molecular flexibility index (Phi) is 4.42. The summed E-state index contributed by atoms with van der Waals surface area (Å²) in [5.41, 5.74) is 6.88. The van der Waals surface area contributed by atoms with E-state index in [4.69, 9.17) is 5.73 Å². The van der Waals surface area contributed by atoms with Crippen LogP contribution in [0, 0.1) is 11.6 Å². The number of benzene rings is 2. The number of sulfone groups is 1. The lowest BCUT2D eigenvalue weighted by atomic mass is 10.2. The first-order chi connectivity index (χ1) is 13.8. The monoisotopic (exact) mass is 415 g/mol. The molecule has 0 aliphatic rings. The second kappa shape index (κ2) is 6.82. The molecule has 7 nitrogen and oxygen atoms in total. The highest BCUT2D eigenvalue weighted by Gasteiger charge is 2.18. The average molecular weight is 415 g/mol. The molecular formula is C19H15F2N5O2S. The molecule has 0 aliphatic carbocycles. The number of anilines is 3. The van der Waals surface area contributed by atoms with Crippen molar-refractivity contribution in [3.05, 3.63) is 66.5 Å². The molecule has 0 unspecified atom stereocenters. The van der Waals surface area contributed by atoms with Gasteiger partial charge in [0.2, 0.25) is 5.95 Å². The second-order valence-corrected chi connectivity index (χ2v) is 8.33. The topological polar surface area (TPSA) is 103 Å². The van der Waals surface area contributed by atoms with Crippen molar-refractivity contribution >= 4 is 38.1 Å². The Hall–Kier alpha value is -3.53. The lowest BCUT2D eigenvalue weighted by Crippen LogP contribution is -2.08. The molecular weight excluding hydrogens is 400 g/mol. The average Bonchev–Trinajstić information content (AvgIpc) is 3.09. The zero-order valence-corrected chi connectivity index (χ0v) is 15.9. The summed E-state index contributed by atoms with van der Waals surface area (Å²) in [6.45, 7) is 0. The van der Waals surface area contributed by atoms with Gasteiger partial charge in [-0.3, -0.25) is 4.57 Å². The van der Waals surface area contributed by atoms with Gasteiger partial charge in [-0.05, 0) is 24.3 Å². The van der Waals surface area contributed by atoms with E-state index in [0.717, 1.165) is 23.9 Å². The fourth-order valence-corrected chi connectivity index (χ4v) is 3.76. The van der Waals surface area contributed by atoms with Gasteiger partial charge in [-0.15, -0.1) is 0 Å². The number of fused-ring (bicyclic) bond motifs is 1. The highest BCUT2D eigenvalue weighted by atomic mass is 32.2. The molecule has 0 radical (unpaired) electrons. The minimum atomic E-state index is -3.76. The third kappa shape index (κ3) is 3.38. The van der Waals surface area contributed by atoms with Crippen LogP contribution in [0.25, 0.3) is 16.7 Å². The summed E-state index contributed by atoms with van der Waals surface area (Å²) in [6, 6.07) is 10.9. The van der Waals surface area contributed by atoms with Gasteiger partial charge in [0, 0.05) is 17.8 Å². The zero-order valence-electron chi connectivity index (χ0n) is 15.1. The fourth-order valence-electron chi connectivity index (χ4n) is 3.00. The Bertz CT molecular complexity index is 1350. The highest BCUT2D eigenvalue weighted by Crippen LogP contribution is 2.28. The fraction of sp³-hybridized carbons (Fsp3) is 0.0526. The van der Waals surface area contributed by atoms with Crippen molar-refractivity contribution in [2.45, 2.75) is 4.90 Å². The molecule has 2 aromatic carbocycles. The predicted molar refractivity (Wildman–Crippen MR) is 106 cm³/mol. The Labute approximate surface area is 164 Å². The molecule has 4 rings (SSSR count). The van der Waals surface area contributed by atoms with Crippen molar-refractivity contribution < 1.29 is 17.2 Å². The Morgan fingerprint density at radius 2 is 1.86 bits per heavy atom. The van der Waals surface area contributed by atoms with Crippen LogP contribution in [0.2, 0.25) is 0 Å². The highest BCUT2D eigenvalue weighted by molar-refractivity contribution is 7.90. The summed E-state index contributed by atoms with van der Waals surface area (Å²) in [5, 5.41) is 3.40. The summed E-state index contributed by atoms with van der Waals surface area (Å²) < 4.78 is 53.9. The molecule has 0 fully saturated rings. The van der Waals surface area contributed by atoms with Crippen LogP contribution in [0.4, 0.5) is 26.1 Å². The minimum Gasteiger partial charge on any atom is -0.397 e. The van der Waals surface area contributed by atoms with Crippen molar-refractivity contribution in [1.29, 1.82) is 0 Å². The van der Waals surface area contributed by atoms with Gasteiger partial charge in [0.15, 0.2) is 27.3 Å². The Balaban J connectivity index is 1.79. The number of para-hydroxylation sites is 1. The predicted octanol–water partition coefficient (Wildman–Crippen LogP) is 3.43. The number of nitrogen functional groups attached to an aromatic ring is 1. The Morgan fingerprint density at radius 1 is 1.10 bits per heavy atom. The number of nitrogens with two attached hydrogens (primary N) is 1. The molecule has 0 amide bonds. The number of halogens is 2. The molecule has 0 saturated heterocycles. The first kappa shape index (κ1) is 18.8. The molecule has 0 spiro atoms. The molecule has 10 heteroatoms. The van der Waals surface area contributed by atoms with Crippen molar-refractivity contribution in [3.63, 3.8) is 0 Å². The van der Waals surface area contributed by atoms with E-state index in [1.54, 1.807) is 24.4 Å². The van der Waals surface area contributed by atoms with Crippen molar-refractivity contribution in [1.82, 2.24) is 14.5 Å². The van der Waals surface area contributed by atoms with Crippen LogP contribution in [-0.4, -0.2) is 29.2 Å². The zero-order chi connectivity index (χ0) is 20.8. The molecule has 2 aromatic heterocycles. The van der Waals surface area contributed by atoms with E-state index < -0.39 is 26.4 Å². The summed E-state index contributed by atoms with van der Waals surface area (Å²) in [6.07, 6.45) is 3.46. The van der Waals surface area contributed by atoms with Gasteiger partial charge in [-0.2, -0.15) is 4.98 Å². The van der Waals surface area contributed by atoms with E-state index >= 15 is 0 Å². The van der Waals surface area contributed by atoms with Gasteiger partial charge in [0.25, 0.3) is 0 Å². The molecule has 0 saturated carbocycles. The maximum Gasteiger partial charge on any atom is 0.229 e. The molecule has 0 bridgehead atoms. The first-order valence-corrected chi connectivity index (χ1v) is 10.3. The van der Waals surface area contributed by atoms with E-state index in [-0.39, 0.29) is 17.5 Å². The van der Waals surface area contributed by atoms with E-state index in [9.17, 15) is 17.2 Å². The van der Waals surface area contributed by atoms with Gasteiger partial charge in [0.05, 0.1) is 23.1 Å². The standard InChI is InChI=1S/C19H15F2N5O2S/c1-29(27,28)15-7-3-6-14(16(15)21)24-19-23-10-12(20)18(25-19)26-9-8-11-4-2-5-13(22)17(11)26/h2-10H,22H2,1H3,(H,23,24,25). The summed E-state index contributed by atoms with van der Waals surface area (Å²) in [4.78, 5) is 7.49. The third-order valence-corrected chi connectivity index (χ3v) is 5.42. The SMILES string of the molecule is CS(=O)(=O)c1cccc(Nc2ncc(F)c(-n3ccc4cccc(N)c43)n2)c1F. The van der Waals surface area contributed by atoms with Crippen LogP contribution in [0.15, 0.2) is 59.8 Å². The normalized spacial score (nSPS) is 11.7. The molecule has 4 aromatic rings. The number of hydrogen-bond acceptors (Lipinski definition) is 6. The van der Waals surface area contributed by atoms with Gasteiger partial charge >= 0.3 is 0 Å². The second-order valence-electron chi connectivity index (χ2n) is 6.35. The van der Waals surface area contributed by atoms with Crippen molar-refractivity contribution in [2.75, 3.05) is 17.3 Å². The van der Waals surface area contributed by atoms with Gasteiger partial charge < -0.3 is 11.1 Å². The van der Waals surface area contributed by atoms with Crippen LogP contribution in [0.5, 0.6) is 0 Å². The molecule has 29 heavy (non-hydrogen) atoms. The number of hydrogen-bond donors (Lipinski definition) is 2. The van der Waals surface area contributed by atoms with E-state index in [0.29, 0.717) is 11.2 Å². The van der Waals surface area contributed by atoms with Crippen LogP contribution in [0.3, 0.4) is 0 Å². The van der Waals surface area contributed by atoms with Gasteiger partial charge in [-0.25, -0.2) is 22.2 Å². The summed E-state index contributed by atoms with van der Waals surface area (Å²) >= 11 is 0. The smallest absolute Gasteiger partial charge is 0.229 e. The van der Waals surface area contributed by atoms with E-state index in [1.165, 1.54) is 16.7 Å². The molecule has 3 N–H and O–H groups in total. The largest absolute Gasteiger partial charge is 0.397 e. The number of aromatic nitrogens is 3. The Morgan fingerprint density at radius 3 is 2.62 bits per heavy atom. The number of rotatable bonds is 4. The van der Waals surface area contributed by atoms with Crippen LogP contribution >= 0.6 is 0 Å². The maximum absolute atomic E-state index is 14.6. The lowest BCUT2D eigenvalue weighted by Gasteiger charge is -2.11. The third-order valence-electron chi connectivity index (χ3n) is 4.31. The van der Waals surface area contributed by atoms with Gasteiger partial charge in [0.1, 0.15) is 4.90 Å². The van der Waals surface area contributed by atoms with Crippen molar-refractivity contribution in [2.24, 2.45) is 0 Å². The van der Waals surface area contributed by atoms with Gasteiger partial charge in [-0.1, -0.05) is 18.2 Å². The quantitative estimate of drug-likeness (QED) is 0.495. The van der Waals surface area contributed by atoms with E-state index in [2.05, 4.69) is 15.3 Å². The molecule has 2 heterocycles. The lowest BCUT2D eigenvalue weighted by molar-refractivity contribution is 0.573. The summed E-state index contributed by atoms with van der Waals surface area (Å²) in [7, 11) is -3.76. The van der Waals surface area contributed by atoms with Crippen LogP contribution < -0.4 is 11.1 Å². The summed E-state index contributed by atoms with van der Waals surface area (Å²) in [5.74, 6) is -1.88. The van der Waals surface area contributed by atoms with E-state index in [1.807, 2.05) is 6.07 Å². The van der Waals surface area contributed by atoms with Crippen LogP contribution in [-0.2, 0) is 9.84 Å². The van der Waals surface area contributed by atoms with Crippen molar-refractivity contribution in [3.8, 4) is 5.82 Å². The first-order valence-electron chi connectivity index (χ1n) is 8.40. The number of nitrogens with one attached hydrogen (secondary N) is 1. The molecule has 0 atom stereocenters. The maximum atomic E-state index is 14.6. The van der Waals surface area contributed by atoms with Crippen LogP contribution in [0.1, 0.15) is 0 Å². The minimum absolute atomic E-state index is 0.0879.